The number of para-hydroxylation sites is 1. The van der Waals surface area contributed by atoms with Crippen LogP contribution < -0.4 is 0 Å². The highest BCUT2D eigenvalue weighted by atomic mass is 19.4. The number of hydrogen-bond acceptors (Lipinski definition) is 1. The minimum Gasteiger partial charge on any atom is -0.303 e. The molecule has 0 amide bonds. The highest BCUT2D eigenvalue weighted by Gasteiger charge is 2.33. The van der Waals surface area contributed by atoms with Gasteiger partial charge in [0, 0.05) is 5.69 Å². The Bertz CT molecular complexity index is 541. The number of hydrogen-bond donors (Lipinski definition) is 0. The molecular formula is C12H11F3N2. The molecule has 0 aliphatic heterocycles. The number of alkyl halides is 3. The predicted molar refractivity (Wildman–Crippen MR) is 58.0 cm³/mol. The molecule has 0 saturated heterocycles. The van der Waals surface area contributed by atoms with Crippen LogP contribution >= 0.6 is 0 Å². The third-order valence-corrected chi connectivity index (χ3v) is 2.72. The Hall–Kier alpha value is -1.78. The quantitative estimate of drug-likeness (QED) is 0.745. The molecule has 17 heavy (non-hydrogen) atoms. The number of benzene rings is 1. The lowest BCUT2D eigenvalue weighted by Gasteiger charge is -2.14. The summed E-state index contributed by atoms with van der Waals surface area (Å²) >= 11 is 0. The molecule has 2 aromatic rings. The molecule has 0 saturated carbocycles. The lowest BCUT2D eigenvalue weighted by Crippen LogP contribution is -2.10. The van der Waals surface area contributed by atoms with Gasteiger partial charge in [0.15, 0.2) is 0 Å². The molecule has 0 aliphatic rings. The van der Waals surface area contributed by atoms with Crippen molar-refractivity contribution in [3.8, 4) is 5.69 Å². The van der Waals surface area contributed by atoms with Gasteiger partial charge in [-0.1, -0.05) is 12.1 Å². The van der Waals surface area contributed by atoms with Gasteiger partial charge in [0.2, 0.25) is 0 Å². The molecule has 0 fully saturated rings. The molecule has 0 bridgehead atoms. The molecule has 1 aromatic carbocycles. The van der Waals surface area contributed by atoms with Gasteiger partial charge in [-0.05, 0) is 26.0 Å². The van der Waals surface area contributed by atoms with Crippen LogP contribution in [0.4, 0.5) is 13.2 Å². The maximum atomic E-state index is 12.8. The van der Waals surface area contributed by atoms with Crippen LogP contribution in [-0.4, -0.2) is 9.55 Å². The highest BCUT2D eigenvalue weighted by Crippen LogP contribution is 2.34. The minimum absolute atomic E-state index is 0.109. The number of nitrogens with zero attached hydrogens (tertiary/aromatic N) is 2. The molecular weight excluding hydrogens is 229 g/mol. The first kappa shape index (κ1) is 11.7. The topological polar surface area (TPSA) is 17.8 Å². The van der Waals surface area contributed by atoms with Crippen molar-refractivity contribution in [1.29, 1.82) is 0 Å². The number of halogens is 3. The zero-order valence-corrected chi connectivity index (χ0v) is 9.42. The van der Waals surface area contributed by atoms with Gasteiger partial charge in [-0.15, -0.1) is 0 Å². The molecule has 2 nitrogen and oxygen atoms in total. The van der Waals surface area contributed by atoms with E-state index in [9.17, 15) is 13.2 Å². The fraction of sp³-hybridized carbons (Fsp3) is 0.250. The van der Waals surface area contributed by atoms with Crippen LogP contribution in [0.3, 0.4) is 0 Å². The van der Waals surface area contributed by atoms with Crippen LogP contribution in [0.15, 0.2) is 30.6 Å². The molecule has 0 atom stereocenters. The zero-order chi connectivity index (χ0) is 12.6. The lowest BCUT2D eigenvalue weighted by molar-refractivity contribution is -0.137. The van der Waals surface area contributed by atoms with Crippen molar-refractivity contribution in [2.45, 2.75) is 20.0 Å². The SMILES string of the molecule is Cc1ncn(-c2ccccc2C(F)(F)F)c1C. The summed E-state index contributed by atoms with van der Waals surface area (Å²) in [6.45, 7) is 3.51. The van der Waals surface area contributed by atoms with Crippen molar-refractivity contribution >= 4 is 0 Å². The maximum Gasteiger partial charge on any atom is 0.418 e. The van der Waals surface area contributed by atoms with E-state index >= 15 is 0 Å². The van der Waals surface area contributed by atoms with Crippen molar-refractivity contribution in [2.75, 3.05) is 0 Å². The van der Waals surface area contributed by atoms with E-state index < -0.39 is 11.7 Å². The summed E-state index contributed by atoms with van der Waals surface area (Å²) < 4.78 is 40.0. The first-order valence-electron chi connectivity index (χ1n) is 5.08. The second-order valence-corrected chi connectivity index (χ2v) is 3.80. The first-order chi connectivity index (χ1) is 7.91. The van der Waals surface area contributed by atoms with Crippen molar-refractivity contribution in [3.05, 3.63) is 47.5 Å². The van der Waals surface area contributed by atoms with Gasteiger partial charge in [0.1, 0.15) is 0 Å². The summed E-state index contributed by atoms with van der Waals surface area (Å²) in [4.78, 5) is 4.01. The van der Waals surface area contributed by atoms with Gasteiger partial charge < -0.3 is 4.57 Å². The van der Waals surface area contributed by atoms with Crippen molar-refractivity contribution < 1.29 is 13.2 Å². The Kier molecular flexibility index (Phi) is 2.69. The van der Waals surface area contributed by atoms with E-state index in [4.69, 9.17) is 0 Å². The predicted octanol–water partition coefficient (Wildman–Crippen LogP) is 3.51. The fourth-order valence-corrected chi connectivity index (χ4v) is 1.66. The van der Waals surface area contributed by atoms with Crippen molar-refractivity contribution in [3.63, 3.8) is 0 Å². The number of imidazole rings is 1. The van der Waals surface area contributed by atoms with Crippen molar-refractivity contribution in [1.82, 2.24) is 9.55 Å². The second-order valence-electron chi connectivity index (χ2n) is 3.80. The fourth-order valence-electron chi connectivity index (χ4n) is 1.66. The molecule has 90 valence electrons. The molecule has 2 rings (SSSR count). The van der Waals surface area contributed by atoms with Crippen LogP contribution in [0, 0.1) is 13.8 Å². The van der Waals surface area contributed by atoms with E-state index in [2.05, 4.69) is 4.98 Å². The van der Waals surface area contributed by atoms with Crippen LogP contribution in [0.1, 0.15) is 17.0 Å². The molecule has 5 heteroatoms. The van der Waals surface area contributed by atoms with Crippen molar-refractivity contribution in [2.24, 2.45) is 0 Å². The van der Waals surface area contributed by atoms with E-state index in [0.29, 0.717) is 5.69 Å². The van der Waals surface area contributed by atoms with Gasteiger partial charge in [-0.3, -0.25) is 0 Å². The van der Waals surface area contributed by atoms with Crippen LogP contribution in [-0.2, 0) is 6.18 Å². The standard InChI is InChI=1S/C12H11F3N2/c1-8-9(2)17(7-16-8)11-6-4-3-5-10(11)12(13,14)15/h3-7H,1-2H3. The molecule has 0 spiro atoms. The summed E-state index contributed by atoms with van der Waals surface area (Å²) in [5.74, 6) is 0. The van der Waals surface area contributed by atoms with E-state index in [-0.39, 0.29) is 5.69 Å². The average Bonchev–Trinajstić information content (AvgIpc) is 2.59. The first-order valence-corrected chi connectivity index (χ1v) is 5.08. The Morgan fingerprint density at radius 2 is 1.76 bits per heavy atom. The smallest absolute Gasteiger partial charge is 0.303 e. The van der Waals surface area contributed by atoms with Crippen LogP contribution in [0.2, 0.25) is 0 Å². The second kappa shape index (κ2) is 3.91. The van der Waals surface area contributed by atoms with E-state index in [0.717, 1.165) is 11.8 Å². The van der Waals surface area contributed by atoms with Gasteiger partial charge in [0.25, 0.3) is 0 Å². The molecule has 0 radical (unpaired) electrons. The maximum absolute atomic E-state index is 12.8. The van der Waals surface area contributed by atoms with E-state index in [1.54, 1.807) is 19.9 Å². The van der Waals surface area contributed by atoms with Crippen LogP contribution in [0.5, 0.6) is 0 Å². The number of aryl methyl sites for hydroxylation is 1. The largest absolute Gasteiger partial charge is 0.418 e. The summed E-state index contributed by atoms with van der Waals surface area (Å²) in [6.07, 6.45) is -2.95. The molecule has 1 aromatic heterocycles. The molecule has 0 unspecified atom stereocenters. The molecule has 0 aliphatic carbocycles. The van der Waals surface area contributed by atoms with Gasteiger partial charge >= 0.3 is 6.18 Å². The summed E-state index contributed by atoms with van der Waals surface area (Å²) in [6, 6.07) is 5.48. The summed E-state index contributed by atoms with van der Waals surface area (Å²) in [7, 11) is 0. The Labute approximate surface area is 96.7 Å². The van der Waals surface area contributed by atoms with E-state index in [1.807, 2.05) is 0 Å². The Morgan fingerprint density at radius 1 is 1.12 bits per heavy atom. The number of aromatic nitrogens is 2. The monoisotopic (exact) mass is 240 g/mol. The Balaban J connectivity index is 2.64. The highest BCUT2D eigenvalue weighted by molar-refractivity contribution is 5.44. The van der Waals surface area contributed by atoms with Gasteiger partial charge in [-0.25, -0.2) is 4.98 Å². The van der Waals surface area contributed by atoms with Gasteiger partial charge in [-0.2, -0.15) is 13.2 Å². The minimum atomic E-state index is -4.36. The summed E-state index contributed by atoms with van der Waals surface area (Å²) in [5, 5.41) is 0. The lowest BCUT2D eigenvalue weighted by atomic mass is 10.1. The van der Waals surface area contributed by atoms with Gasteiger partial charge in [0.05, 0.1) is 23.3 Å². The van der Waals surface area contributed by atoms with E-state index in [1.165, 1.54) is 23.0 Å². The third-order valence-electron chi connectivity index (χ3n) is 2.72. The third kappa shape index (κ3) is 2.05. The zero-order valence-electron chi connectivity index (χ0n) is 9.42. The van der Waals surface area contributed by atoms with Crippen LogP contribution in [0.25, 0.3) is 5.69 Å². The average molecular weight is 240 g/mol. The number of rotatable bonds is 1. The molecule has 0 N–H and O–H groups in total. The normalized spacial score (nSPS) is 11.8. The molecule has 1 heterocycles. The summed E-state index contributed by atoms with van der Waals surface area (Å²) in [5.41, 5.74) is 0.891. The Morgan fingerprint density at radius 3 is 2.29 bits per heavy atom.